The van der Waals surface area contributed by atoms with Gasteiger partial charge in [-0.15, -0.1) is 0 Å². The number of nitrogens with one attached hydrogen (secondary N) is 1. The van der Waals surface area contributed by atoms with E-state index in [-0.39, 0.29) is 30.3 Å². The van der Waals surface area contributed by atoms with Gasteiger partial charge < -0.3 is 14.7 Å². The van der Waals surface area contributed by atoms with Gasteiger partial charge in [0.1, 0.15) is 12.4 Å². The number of aromatic amines is 1. The number of benzene rings is 1. The molecule has 2 N–H and O–H groups in total. The molecular formula is C23H27FN4O4. The molecule has 0 fully saturated rings. The van der Waals surface area contributed by atoms with Gasteiger partial charge in [0.25, 0.3) is 0 Å². The summed E-state index contributed by atoms with van der Waals surface area (Å²) in [6, 6.07) is 3.64. The molecule has 2 heterocycles. The number of H-pyrrole nitrogens is 1. The van der Waals surface area contributed by atoms with E-state index in [0.717, 1.165) is 0 Å². The van der Waals surface area contributed by atoms with Gasteiger partial charge in [-0.05, 0) is 23.5 Å². The van der Waals surface area contributed by atoms with Crippen LogP contribution >= 0.6 is 0 Å². The van der Waals surface area contributed by atoms with Gasteiger partial charge in [0.15, 0.2) is 5.69 Å². The second kappa shape index (κ2) is 8.61. The van der Waals surface area contributed by atoms with Crippen molar-refractivity contribution in [2.24, 2.45) is 0 Å². The normalized spacial score (nSPS) is 15.8. The minimum Gasteiger partial charge on any atom is -0.476 e. The molecule has 0 aliphatic carbocycles. The fourth-order valence-electron chi connectivity index (χ4n) is 4.08. The number of aromatic carboxylic acids is 1. The van der Waals surface area contributed by atoms with Crippen LogP contribution in [0.4, 0.5) is 9.18 Å². The van der Waals surface area contributed by atoms with Gasteiger partial charge in [-0.3, -0.25) is 5.10 Å². The van der Waals surface area contributed by atoms with Gasteiger partial charge in [-0.2, -0.15) is 10.4 Å². The highest BCUT2D eigenvalue weighted by atomic mass is 19.1. The Kier molecular flexibility index (Phi) is 6.26. The van der Waals surface area contributed by atoms with Crippen molar-refractivity contribution < 1.29 is 23.8 Å². The van der Waals surface area contributed by atoms with E-state index in [1.807, 2.05) is 27.7 Å². The first kappa shape index (κ1) is 23.3. The fraction of sp³-hybridized carbons (Fsp3) is 0.478. The molecule has 9 heteroatoms. The molecule has 1 amide bonds. The van der Waals surface area contributed by atoms with E-state index in [9.17, 15) is 20.0 Å². The molecule has 0 saturated carbocycles. The molecular weight excluding hydrogens is 415 g/mol. The van der Waals surface area contributed by atoms with E-state index >= 15 is 4.39 Å². The number of fused-ring (bicyclic) bond motifs is 1. The number of aromatic nitrogens is 2. The van der Waals surface area contributed by atoms with Crippen LogP contribution in [0.15, 0.2) is 6.07 Å². The Hall–Kier alpha value is -3.41. The number of amides is 1. The number of carbonyl (C=O) groups excluding carboxylic acids is 1. The molecule has 3 rings (SSSR count). The number of halogens is 1. The third kappa shape index (κ3) is 4.17. The van der Waals surface area contributed by atoms with Gasteiger partial charge >= 0.3 is 12.1 Å². The molecule has 0 radical (unpaired) electrons. The first-order chi connectivity index (χ1) is 15.0. The van der Waals surface area contributed by atoms with Gasteiger partial charge in [0.05, 0.1) is 18.2 Å². The van der Waals surface area contributed by atoms with Crippen molar-refractivity contribution in [2.45, 2.75) is 65.5 Å². The topological polar surface area (TPSA) is 119 Å². The molecule has 1 atom stereocenters. The molecule has 0 bridgehead atoms. The summed E-state index contributed by atoms with van der Waals surface area (Å²) >= 11 is 0. The summed E-state index contributed by atoms with van der Waals surface area (Å²) in [5.41, 5.74) is 1.94. The predicted octanol–water partition coefficient (Wildman–Crippen LogP) is 4.23. The van der Waals surface area contributed by atoms with Crippen molar-refractivity contribution >= 4 is 12.1 Å². The Morgan fingerprint density at radius 1 is 1.44 bits per heavy atom. The summed E-state index contributed by atoms with van der Waals surface area (Å²) in [7, 11) is 0. The molecule has 8 nitrogen and oxygen atoms in total. The number of nitrogens with zero attached hydrogens (tertiary/aromatic N) is 3. The van der Waals surface area contributed by atoms with Gasteiger partial charge in [-0.1, -0.05) is 34.6 Å². The number of hydrogen-bond acceptors (Lipinski definition) is 5. The Morgan fingerprint density at radius 3 is 2.69 bits per heavy atom. The standard InChI is InChI=1S/C23H27FN4O4/c1-6-14-15(8-25)13(7-17(18(14)24)23(3,4)5)11-32-22(31)28-9-12(2)19-16(10-28)20(21(29)30)27-26-19/h7,12H,6,9-11H2,1-5H3,(H,26,27)(H,29,30). The van der Waals surface area contributed by atoms with Crippen LogP contribution in [0.3, 0.4) is 0 Å². The van der Waals surface area contributed by atoms with Crippen molar-refractivity contribution in [3.63, 3.8) is 0 Å². The maximum Gasteiger partial charge on any atom is 0.410 e. The Labute approximate surface area is 186 Å². The average molecular weight is 442 g/mol. The van der Waals surface area contributed by atoms with Crippen molar-refractivity contribution in [2.75, 3.05) is 6.54 Å². The third-order valence-corrected chi connectivity index (χ3v) is 5.76. The van der Waals surface area contributed by atoms with Crippen molar-refractivity contribution in [1.29, 1.82) is 5.26 Å². The molecule has 1 aliphatic heterocycles. The number of carboxylic acids is 1. The largest absolute Gasteiger partial charge is 0.476 e. The third-order valence-electron chi connectivity index (χ3n) is 5.76. The Balaban J connectivity index is 1.85. The van der Waals surface area contributed by atoms with Crippen LogP contribution < -0.4 is 0 Å². The van der Waals surface area contributed by atoms with Crippen LogP contribution in [0, 0.1) is 17.1 Å². The van der Waals surface area contributed by atoms with E-state index in [0.29, 0.717) is 40.9 Å². The lowest BCUT2D eigenvalue weighted by Crippen LogP contribution is -2.38. The molecule has 170 valence electrons. The van der Waals surface area contributed by atoms with Gasteiger partial charge in [0.2, 0.25) is 0 Å². The molecule has 1 aromatic carbocycles. The molecule has 1 aliphatic rings. The minimum absolute atomic E-state index is 0.0542. The predicted molar refractivity (Wildman–Crippen MR) is 114 cm³/mol. The zero-order valence-electron chi connectivity index (χ0n) is 18.9. The maximum absolute atomic E-state index is 15.0. The highest BCUT2D eigenvalue weighted by Crippen LogP contribution is 2.32. The lowest BCUT2D eigenvalue weighted by atomic mass is 9.82. The second-order valence-electron chi connectivity index (χ2n) is 9.07. The number of rotatable bonds is 4. The van der Waals surface area contributed by atoms with Crippen LogP contribution in [0.1, 0.15) is 84.5 Å². The SMILES string of the molecule is CCc1c(F)c(C(C)(C)C)cc(COC(=O)N2Cc3c(C(=O)O)n[nH]c3C(C)C2)c1C#N. The highest BCUT2D eigenvalue weighted by Gasteiger charge is 2.33. The number of carbonyl (C=O) groups is 2. The summed E-state index contributed by atoms with van der Waals surface area (Å²) < 4.78 is 20.5. The van der Waals surface area contributed by atoms with Crippen molar-refractivity contribution in [3.05, 3.63) is 51.1 Å². The summed E-state index contributed by atoms with van der Waals surface area (Å²) in [6.07, 6.45) is -0.298. The van der Waals surface area contributed by atoms with E-state index in [2.05, 4.69) is 16.3 Å². The van der Waals surface area contributed by atoms with Crippen LogP contribution in [0.5, 0.6) is 0 Å². The quantitative estimate of drug-likeness (QED) is 0.731. The van der Waals surface area contributed by atoms with Crippen LogP contribution in [-0.2, 0) is 29.7 Å². The van der Waals surface area contributed by atoms with E-state index in [1.54, 1.807) is 13.0 Å². The zero-order chi connectivity index (χ0) is 23.8. The minimum atomic E-state index is -1.17. The number of hydrogen-bond donors (Lipinski definition) is 2. The number of nitriles is 1. The molecule has 1 unspecified atom stereocenters. The van der Waals surface area contributed by atoms with Gasteiger partial charge in [-0.25, -0.2) is 14.0 Å². The molecule has 0 saturated heterocycles. The van der Waals surface area contributed by atoms with Crippen molar-refractivity contribution in [1.82, 2.24) is 15.1 Å². The van der Waals surface area contributed by atoms with Crippen LogP contribution in [0.2, 0.25) is 0 Å². The molecule has 2 aromatic rings. The first-order valence-electron chi connectivity index (χ1n) is 10.5. The van der Waals surface area contributed by atoms with E-state index in [4.69, 9.17) is 4.74 Å². The van der Waals surface area contributed by atoms with E-state index in [1.165, 1.54) is 4.90 Å². The fourth-order valence-corrected chi connectivity index (χ4v) is 4.08. The molecule has 1 aromatic heterocycles. The summed E-state index contributed by atoms with van der Waals surface area (Å²) in [5.74, 6) is -1.71. The number of ether oxygens (including phenoxy) is 1. The lowest BCUT2D eigenvalue weighted by Gasteiger charge is -2.30. The summed E-state index contributed by atoms with van der Waals surface area (Å²) in [4.78, 5) is 25.6. The number of carboxylic acid groups (broad SMARTS) is 1. The van der Waals surface area contributed by atoms with Crippen LogP contribution in [0.25, 0.3) is 0 Å². The molecule has 0 spiro atoms. The van der Waals surface area contributed by atoms with E-state index < -0.39 is 23.3 Å². The first-order valence-corrected chi connectivity index (χ1v) is 10.5. The Bertz CT molecular complexity index is 1110. The van der Waals surface area contributed by atoms with Crippen molar-refractivity contribution in [3.8, 4) is 6.07 Å². The van der Waals surface area contributed by atoms with Gasteiger partial charge in [0, 0.05) is 34.8 Å². The highest BCUT2D eigenvalue weighted by molar-refractivity contribution is 5.87. The second-order valence-corrected chi connectivity index (χ2v) is 9.07. The lowest BCUT2D eigenvalue weighted by molar-refractivity contribution is 0.0682. The monoisotopic (exact) mass is 442 g/mol. The van der Waals surface area contributed by atoms with Crippen LogP contribution in [-0.4, -0.2) is 38.8 Å². The summed E-state index contributed by atoms with van der Waals surface area (Å²) in [6.45, 7) is 9.47. The Morgan fingerprint density at radius 2 is 2.12 bits per heavy atom. The summed E-state index contributed by atoms with van der Waals surface area (Å²) in [5, 5.41) is 25.6. The molecule has 32 heavy (non-hydrogen) atoms. The zero-order valence-corrected chi connectivity index (χ0v) is 18.9. The maximum atomic E-state index is 15.0. The smallest absolute Gasteiger partial charge is 0.410 e. The average Bonchev–Trinajstić information content (AvgIpc) is 3.16.